The fourth-order valence-corrected chi connectivity index (χ4v) is 1.95. The summed E-state index contributed by atoms with van der Waals surface area (Å²) >= 11 is 2.45. The highest BCUT2D eigenvalue weighted by Gasteiger charge is 2.87. The number of thioether (sulfide) groups is 1. The third-order valence-electron chi connectivity index (χ3n) is 2.15. The van der Waals surface area contributed by atoms with E-state index in [1.807, 2.05) is 0 Å². The first kappa shape index (κ1) is 22.5. The van der Waals surface area contributed by atoms with E-state index < -0.39 is 45.3 Å². The molecule has 0 amide bonds. The molecule has 0 fully saturated rings. The van der Waals surface area contributed by atoms with E-state index in [-0.39, 0.29) is 13.0 Å². The predicted molar refractivity (Wildman–Crippen MR) is 62.3 cm³/mol. The Balaban J connectivity index is 5.62. The molecule has 0 N–H and O–H groups in total. The van der Waals surface area contributed by atoms with Gasteiger partial charge in [-0.05, 0) is 18.6 Å². The summed E-state index contributed by atoms with van der Waals surface area (Å²) in [5.74, 6) is -21.9. The van der Waals surface area contributed by atoms with Crippen molar-refractivity contribution < 1.29 is 53.0 Å². The fraction of sp³-hybridized carbons (Fsp3) is 0.889. The van der Waals surface area contributed by atoms with Crippen molar-refractivity contribution in [3.05, 3.63) is 0 Å². The van der Waals surface area contributed by atoms with E-state index in [9.17, 15) is 48.3 Å². The smallest absolute Gasteiger partial charge is 0.460 e. The van der Waals surface area contributed by atoms with Crippen LogP contribution in [0.25, 0.3) is 0 Å². The molecule has 0 radical (unpaired) electrons. The van der Waals surface area contributed by atoms with Gasteiger partial charge >= 0.3 is 29.2 Å². The summed E-state index contributed by atoms with van der Waals surface area (Å²) in [7, 11) is 0. The monoisotopic (exact) mass is 404 g/mol. The molecule has 14 heteroatoms. The van der Waals surface area contributed by atoms with E-state index in [4.69, 9.17) is 0 Å². The average molecular weight is 404 g/mol. The number of ether oxygens (including phenoxy) is 1. The van der Waals surface area contributed by atoms with E-state index >= 15 is 0 Å². The molecule has 23 heavy (non-hydrogen) atoms. The lowest BCUT2D eigenvalue weighted by Gasteiger charge is -2.36. The summed E-state index contributed by atoms with van der Waals surface area (Å²) in [4.78, 5) is 0. The Labute approximate surface area is 131 Å². The van der Waals surface area contributed by atoms with Crippen molar-refractivity contribution in [1.29, 1.82) is 0 Å². The van der Waals surface area contributed by atoms with Gasteiger partial charge in [0, 0.05) is 11.8 Å². The average Bonchev–Trinajstić information content (AvgIpc) is 2.33. The number of halogens is 11. The van der Waals surface area contributed by atoms with Crippen molar-refractivity contribution in [3.63, 3.8) is 0 Å². The SMILES string of the molecule is CCCOC(=S)SC(F)(F)C(F)(F)C(F)(F)C(F)(F)C(F)(F)F. The minimum absolute atomic E-state index is 0.144. The Morgan fingerprint density at radius 2 is 1.26 bits per heavy atom. The van der Waals surface area contributed by atoms with Crippen LogP contribution in [0.1, 0.15) is 13.3 Å². The van der Waals surface area contributed by atoms with Crippen molar-refractivity contribution in [3.8, 4) is 0 Å². The van der Waals surface area contributed by atoms with Gasteiger partial charge in [0.05, 0.1) is 6.61 Å². The van der Waals surface area contributed by atoms with Gasteiger partial charge in [-0.1, -0.05) is 6.92 Å². The summed E-state index contributed by atoms with van der Waals surface area (Å²) in [5, 5.41) is -6.09. The molecular formula is C9H7F11OS2. The predicted octanol–water partition coefficient (Wildman–Crippen LogP) is 5.49. The van der Waals surface area contributed by atoms with E-state index in [0.29, 0.717) is 0 Å². The zero-order valence-corrected chi connectivity index (χ0v) is 12.4. The van der Waals surface area contributed by atoms with Crippen LogP contribution in [0, 0.1) is 0 Å². The van der Waals surface area contributed by atoms with Crippen molar-refractivity contribution in [2.45, 2.75) is 42.5 Å². The molecule has 1 nitrogen and oxygen atoms in total. The third kappa shape index (κ3) is 4.12. The molecule has 0 aromatic carbocycles. The second-order valence-electron chi connectivity index (χ2n) is 3.94. The molecule has 0 aliphatic rings. The largest absolute Gasteiger partial charge is 0.478 e. The van der Waals surface area contributed by atoms with Crippen LogP contribution in [0.3, 0.4) is 0 Å². The minimum Gasteiger partial charge on any atom is -0.478 e. The van der Waals surface area contributed by atoms with E-state index in [0.717, 1.165) is 0 Å². The van der Waals surface area contributed by atoms with Gasteiger partial charge in [-0.15, -0.1) is 0 Å². The maximum Gasteiger partial charge on any atom is 0.460 e. The highest BCUT2D eigenvalue weighted by Crippen LogP contribution is 2.59. The van der Waals surface area contributed by atoms with Crippen LogP contribution >= 0.6 is 24.0 Å². The highest BCUT2D eigenvalue weighted by molar-refractivity contribution is 8.23. The van der Waals surface area contributed by atoms with Gasteiger partial charge in [0.15, 0.2) is 0 Å². The van der Waals surface area contributed by atoms with Gasteiger partial charge in [0.1, 0.15) is 0 Å². The molecule has 0 rings (SSSR count). The molecule has 0 aromatic heterocycles. The molecule has 138 valence electrons. The zero-order chi connectivity index (χ0) is 18.9. The minimum atomic E-state index is -7.44. The number of alkyl halides is 11. The number of thiocarbonyl (C=S) groups is 1. The normalized spacial score (nSPS) is 14.8. The van der Waals surface area contributed by atoms with Crippen LogP contribution < -0.4 is 0 Å². The molecule has 0 aromatic rings. The summed E-state index contributed by atoms with van der Waals surface area (Å²) < 4.78 is 141. The Morgan fingerprint density at radius 3 is 1.61 bits per heavy atom. The molecule has 0 spiro atoms. The molecule has 0 heterocycles. The lowest BCUT2D eigenvalue weighted by molar-refractivity contribution is -0.412. The molecule has 0 bridgehead atoms. The molecule has 0 atom stereocenters. The summed E-state index contributed by atoms with van der Waals surface area (Å²) in [6.45, 7) is 1.04. The van der Waals surface area contributed by atoms with Crippen molar-refractivity contribution in [2.75, 3.05) is 6.61 Å². The second kappa shape index (κ2) is 6.76. The Kier molecular flexibility index (Phi) is 6.61. The van der Waals surface area contributed by atoms with Gasteiger partial charge in [-0.25, -0.2) is 0 Å². The van der Waals surface area contributed by atoms with E-state index in [1.165, 1.54) is 6.92 Å². The lowest BCUT2D eigenvalue weighted by atomic mass is 10.0. The van der Waals surface area contributed by atoms with Crippen LogP contribution in [-0.2, 0) is 4.74 Å². The highest BCUT2D eigenvalue weighted by atomic mass is 32.2. The topological polar surface area (TPSA) is 9.23 Å². The van der Waals surface area contributed by atoms with Crippen molar-refractivity contribution in [2.24, 2.45) is 0 Å². The molecular weight excluding hydrogens is 397 g/mol. The van der Waals surface area contributed by atoms with Gasteiger partial charge in [-0.2, -0.15) is 48.3 Å². The van der Waals surface area contributed by atoms with Gasteiger partial charge in [0.25, 0.3) is 0 Å². The zero-order valence-electron chi connectivity index (χ0n) is 10.8. The lowest BCUT2D eigenvalue weighted by Crippen LogP contribution is -2.65. The van der Waals surface area contributed by atoms with E-state index in [2.05, 4.69) is 17.0 Å². The van der Waals surface area contributed by atoms with E-state index in [1.54, 1.807) is 0 Å². The molecule has 0 unspecified atom stereocenters. The molecule has 0 aliphatic carbocycles. The molecule has 0 saturated carbocycles. The summed E-state index contributed by atoms with van der Waals surface area (Å²) in [6, 6.07) is 0. The Hall–Kier alpha value is -0.530. The van der Waals surface area contributed by atoms with Gasteiger partial charge in [-0.3, -0.25) is 0 Å². The maximum absolute atomic E-state index is 13.2. The molecule has 0 aliphatic heterocycles. The van der Waals surface area contributed by atoms with Crippen molar-refractivity contribution in [1.82, 2.24) is 0 Å². The molecule has 0 saturated heterocycles. The third-order valence-corrected chi connectivity index (χ3v) is 3.31. The summed E-state index contributed by atoms with van der Waals surface area (Å²) in [5.41, 5.74) is 0. The first-order valence-corrected chi connectivity index (χ1v) is 6.62. The van der Waals surface area contributed by atoms with Gasteiger partial charge < -0.3 is 4.74 Å². The maximum atomic E-state index is 13.2. The quantitative estimate of drug-likeness (QED) is 0.428. The number of hydrogen-bond acceptors (Lipinski definition) is 3. The van der Waals surface area contributed by atoms with Crippen LogP contribution in [0.4, 0.5) is 48.3 Å². The van der Waals surface area contributed by atoms with Gasteiger partial charge in [0.2, 0.25) is 4.38 Å². The van der Waals surface area contributed by atoms with Crippen LogP contribution in [0.15, 0.2) is 0 Å². The second-order valence-corrected chi connectivity index (χ2v) is 5.66. The first-order chi connectivity index (χ1) is 9.95. The summed E-state index contributed by atoms with van der Waals surface area (Å²) in [6.07, 6.45) is -7.04. The first-order valence-electron chi connectivity index (χ1n) is 5.39. The van der Waals surface area contributed by atoms with Crippen molar-refractivity contribution >= 4 is 28.4 Å². The fourth-order valence-electron chi connectivity index (χ4n) is 0.942. The van der Waals surface area contributed by atoms with Crippen LogP contribution in [0.5, 0.6) is 0 Å². The number of hydrogen-bond donors (Lipinski definition) is 0. The Bertz CT molecular complexity index is 432. The van der Waals surface area contributed by atoms with Crippen LogP contribution in [-0.4, -0.2) is 40.2 Å². The Morgan fingerprint density at radius 1 is 0.826 bits per heavy atom. The van der Waals surface area contributed by atoms with Crippen LogP contribution in [0.2, 0.25) is 0 Å². The standard InChI is InChI=1S/C9H7F11OS2/c1-2-3-21-4(22)23-9(19,20)7(14,15)5(10,11)6(12,13)8(16,17)18/h2-3H2,1H3. The number of rotatable bonds is 6.